The maximum atomic E-state index is 12.3. The highest BCUT2D eigenvalue weighted by Gasteiger charge is 2.38. The quantitative estimate of drug-likeness (QED) is 0.899. The zero-order chi connectivity index (χ0) is 12.5. The molecule has 2 fully saturated rings. The highest BCUT2D eigenvalue weighted by atomic mass is 35.5. The lowest BCUT2D eigenvalue weighted by atomic mass is 9.92. The van der Waals surface area contributed by atoms with Gasteiger partial charge in [-0.2, -0.15) is 0 Å². The van der Waals surface area contributed by atoms with Crippen LogP contribution in [0.15, 0.2) is 30.3 Å². The van der Waals surface area contributed by atoms with Crippen molar-refractivity contribution in [1.29, 1.82) is 0 Å². The van der Waals surface area contributed by atoms with E-state index in [0.717, 1.165) is 26.1 Å². The van der Waals surface area contributed by atoms with Crippen LogP contribution in [0.2, 0.25) is 0 Å². The molecular weight excluding hydrogens is 260 g/mol. The predicted molar refractivity (Wildman–Crippen MR) is 78.6 cm³/mol. The number of hydrogen-bond donors (Lipinski definition) is 1. The summed E-state index contributed by atoms with van der Waals surface area (Å²) in [7, 11) is 0. The first kappa shape index (κ1) is 14.4. The van der Waals surface area contributed by atoms with Gasteiger partial charge in [-0.15, -0.1) is 12.4 Å². The smallest absolute Gasteiger partial charge is 0.228 e. The van der Waals surface area contributed by atoms with Crippen LogP contribution in [0.3, 0.4) is 0 Å². The lowest BCUT2D eigenvalue weighted by Gasteiger charge is -2.33. The second kappa shape index (κ2) is 5.93. The van der Waals surface area contributed by atoms with Crippen molar-refractivity contribution in [3.63, 3.8) is 0 Å². The lowest BCUT2D eigenvalue weighted by Crippen LogP contribution is -2.52. The van der Waals surface area contributed by atoms with Gasteiger partial charge in [0.1, 0.15) is 0 Å². The number of halogens is 1. The molecule has 2 heterocycles. The molecule has 2 saturated heterocycles. The van der Waals surface area contributed by atoms with E-state index < -0.39 is 0 Å². The molecule has 0 aromatic heterocycles. The molecule has 19 heavy (non-hydrogen) atoms. The summed E-state index contributed by atoms with van der Waals surface area (Å²) in [5, 5.41) is 3.18. The number of carbonyl (C=O) groups is 1. The van der Waals surface area contributed by atoms with Gasteiger partial charge in [0.15, 0.2) is 0 Å². The number of carbonyl (C=O) groups excluding carboxylic acids is 1. The number of likely N-dealkylation sites (tertiary alicyclic amines) is 1. The molecule has 104 valence electrons. The number of amides is 1. The molecule has 0 aliphatic carbocycles. The van der Waals surface area contributed by atoms with Gasteiger partial charge < -0.3 is 10.2 Å². The summed E-state index contributed by atoms with van der Waals surface area (Å²) in [5.41, 5.74) is 1.37. The minimum Gasteiger partial charge on any atom is -0.339 e. The van der Waals surface area contributed by atoms with Gasteiger partial charge in [0.2, 0.25) is 5.91 Å². The Kier molecular flexibility index (Phi) is 4.48. The van der Waals surface area contributed by atoms with Crippen LogP contribution >= 0.6 is 12.4 Å². The Morgan fingerprint density at radius 1 is 1.26 bits per heavy atom. The van der Waals surface area contributed by atoms with Gasteiger partial charge in [0.05, 0.1) is 5.92 Å². The molecule has 0 bridgehead atoms. The van der Waals surface area contributed by atoms with Crippen LogP contribution in [-0.2, 0) is 4.79 Å². The minimum absolute atomic E-state index is 0. The van der Waals surface area contributed by atoms with Crippen LogP contribution < -0.4 is 5.32 Å². The zero-order valence-electron chi connectivity index (χ0n) is 11.2. The highest BCUT2D eigenvalue weighted by molar-refractivity contribution is 5.85. The number of rotatable bonds is 2. The molecular formula is C15H21ClN2O. The first-order valence-electron chi connectivity index (χ1n) is 6.83. The second-order valence-corrected chi connectivity index (χ2v) is 5.43. The Hall–Kier alpha value is -1.06. The fraction of sp³-hybridized carbons (Fsp3) is 0.533. The maximum absolute atomic E-state index is 12.3. The topological polar surface area (TPSA) is 32.3 Å². The van der Waals surface area contributed by atoms with Gasteiger partial charge in [-0.25, -0.2) is 0 Å². The molecule has 0 saturated carbocycles. The van der Waals surface area contributed by atoms with Crippen molar-refractivity contribution in [3.05, 3.63) is 35.9 Å². The summed E-state index contributed by atoms with van der Waals surface area (Å²) in [5.74, 6) is 1.07. The van der Waals surface area contributed by atoms with Gasteiger partial charge in [0, 0.05) is 31.6 Å². The molecule has 1 N–H and O–H groups in total. The Morgan fingerprint density at radius 3 is 2.53 bits per heavy atom. The Balaban J connectivity index is 0.00000133. The number of hydrogen-bond acceptors (Lipinski definition) is 2. The minimum atomic E-state index is 0. The van der Waals surface area contributed by atoms with Crippen LogP contribution in [0, 0.1) is 5.92 Å². The van der Waals surface area contributed by atoms with E-state index in [9.17, 15) is 4.79 Å². The molecule has 3 rings (SSSR count). The fourth-order valence-electron chi connectivity index (χ4n) is 3.09. The fourth-order valence-corrected chi connectivity index (χ4v) is 3.09. The summed E-state index contributed by atoms with van der Waals surface area (Å²) < 4.78 is 0. The molecule has 0 spiro atoms. The Morgan fingerprint density at radius 2 is 1.95 bits per heavy atom. The first-order chi connectivity index (χ1) is 8.77. The van der Waals surface area contributed by atoms with Crippen molar-refractivity contribution in [2.75, 3.05) is 19.6 Å². The summed E-state index contributed by atoms with van der Waals surface area (Å²) in [6.07, 6.45) is 1.09. The van der Waals surface area contributed by atoms with Crippen molar-refractivity contribution in [2.24, 2.45) is 5.92 Å². The van der Waals surface area contributed by atoms with Crippen LogP contribution in [-0.4, -0.2) is 36.5 Å². The molecule has 2 aliphatic heterocycles. The lowest BCUT2D eigenvalue weighted by molar-refractivity contribution is -0.137. The maximum Gasteiger partial charge on any atom is 0.228 e. The second-order valence-electron chi connectivity index (χ2n) is 5.43. The van der Waals surface area contributed by atoms with E-state index in [-0.39, 0.29) is 18.3 Å². The molecule has 0 radical (unpaired) electrons. The van der Waals surface area contributed by atoms with Crippen molar-refractivity contribution in [1.82, 2.24) is 10.2 Å². The van der Waals surface area contributed by atoms with Crippen LogP contribution in [0.4, 0.5) is 0 Å². The van der Waals surface area contributed by atoms with Crippen molar-refractivity contribution < 1.29 is 4.79 Å². The van der Waals surface area contributed by atoms with E-state index in [0.29, 0.717) is 17.9 Å². The average Bonchev–Trinajstić information content (AvgIpc) is 2.70. The number of nitrogens with one attached hydrogen (secondary N) is 1. The average molecular weight is 281 g/mol. The van der Waals surface area contributed by atoms with Crippen LogP contribution in [0.25, 0.3) is 0 Å². The third-order valence-corrected chi connectivity index (χ3v) is 4.40. The molecule has 2 aliphatic rings. The summed E-state index contributed by atoms with van der Waals surface area (Å²) in [6.45, 7) is 4.82. The number of benzene rings is 1. The van der Waals surface area contributed by atoms with Gasteiger partial charge in [0.25, 0.3) is 0 Å². The Labute approximate surface area is 120 Å². The first-order valence-corrected chi connectivity index (χ1v) is 6.83. The zero-order valence-corrected chi connectivity index (χ0v) is 12.0. The molecule has 1 amide bonds. The van der Waals surface area contributed by atoms with E-state index >= 15 is 0 Å². The van der Waals surface area contributed by atoms with E-state index in [1.165, 1.54) is 5.56 Å². The van der Waals surface area contributed by atoms with Crippen LogP contribution in [0.5, 0.6) is 0 Å². The summed E-state index contributed by atoms with van der Waals surface area (Å²) >= 11 is 0. The largest absolute Gasteiger partial charge is 0.339 e. The van der Waals surface area contributed by atoms with Gasteiger partial charge in [-0.3, -0.25) is 4.79 Å². The van der Waals surface area contributed by atoms with Crippen molar-refractivity contribution in [3.8, 4) is 0 Å². The highest BCUT2D eigenvalue weighted by Crippen LogP contribution is 2.34. The summed E-state index contributed by atoms with van der Waals surface area (Å²) in [4.78, 5) is 14.4. The van der Waals surface area contributed by atoms with Gasteiger partial charge >= 0.3 is 0 Å². The van der Waals surface area contributed by atoms with Crippen LogP contribution in [0.1, 0.15) is 24.8 Å². The van der Waals surface area contributed by atoms with E-state index in [1.54, 1.807) is 0 Å². The number of nitrogens with zero attached hydrogens (tertiary/aromatic N) is 1. The third-order valence-electron chi connectivity index (χ3n) is 4.40. The third kappa shape index (κ3) is 2.63. The molecule has 2 unspecified atom stereocenters. The van der Waals surface area contributed by atoms with Crippen molar-refractivity contribution in [2.45, 2.75) is 25.3 Å². The molecule has 1 aromatic rings. The SMILES string of the molecule is CC1C(c2ccccc2)CCN1C(=O)C1CNC1.Cl. The van der Waals surface area contributed by atoms with E-state index in [4.69, 9.17) is 0 Å². The standard InChI is InChI=1S/C15H20N2O.ClH/c1-11-14(12-5-3-2-4-6-12)7-8-17(11)15(18)13-9-16-10-13;/h2-6,11,13-14,16H,7-10H2,1H3;1H. The summed E-state index contributed by atoms with van der Waals surface area (Å²) in [6, 6.07) is 10.9. The van der Waals surface area contributed by atoms with Gasteiger partial charge in [-0.1, -0.05) is 30.3 Å². The molecule has 2 atom stereocenters. The van der Waals surface area contributed by atoms with Crippen molar-refractivity contribution >= 4 is 18.3 Å². The van der Waals surface area contributed by atoms with E-state index in [1.807, 2.05) is 6.07 Å². The Bertz CT molecular complexity index is 433. The molecule has 4 heteroatoms. The normalized spacial score (nSPS) is 26.7. The predicted octanol–water partition coefficient (Wildman–Crippen LogP) is 2.03. The monoisotopic (exact) mass is 280 g/mol. The molecule has 3 nitrogen and oxygen atoms in total. The molecule has 1 aromatic carbocycles. The van der Waals surface area contributed by atoms with E-state index in [2.05, 4.69) is 41.4 Å². The van der Waals surface area contributed by atoms with Gasteiger partial charge in [-0.05, 0) is 18.9 Å².